The van der Waals surface area contributed by atoms with Crippen LogP contribution in [0.3, 0.4) is 0 Å². The zero-order chi connectivity index (χ0) is 16.4. The van der Waals surface area contributed by atoms with E-state index in [9.17, 15) is 4.57 Å². The van der Waals surface area contributed by atoms with Crippen LogP contribution in [0.15, 0.2) is 72.8 Å². The normalized spacial score (nSPS) is 11.4. The molecule has 0 aliphatic rings. The van der Waals surface area contributed by atoms with Crippen LogP contribution in [-0.2, 0) is 4.57 Å². The highest BCUT2D eigenvalue weighted by Gasteiger charge is 2.32. The number of hydrogen-bond donors (Lipinski definition) is 1. The zero-order valence-electron chi connectivity index (χ0n) is 13.4. The number of aryl methyl sites for hydroxylation is 2. The topological polar surface area (TPSA) is 43.1 Å². The summed E-state index contributed by atoms with van der Waals surface area (Å²) in [6.07, 6.45) is 0. The van der Waals surface area contributed by atoms with Crippen LogP contribution in [0.25, 0.3) is 0 Å². The summed E-state index contributed by atoms with van der Waals surface area (Å²) in [5, 5.41) is 2.35. The minimum absolute atomic E-state index is 0.617. The van der Waals surface area contributed by atoms with E-state index in [1.807, 2.05) is 86.6 Å². The molecule has 2 N–H and O–H groups in total. The zero-order valence-corrected chi connectivity index (χ0v) is 14.3. The Morgan fingerprint density at radius 3 is 1.74 bits per heavy atom. The molecular weight excluding hydrogens is 301 g/mol. The van der Waals surface area contributed by atoms with E-state index >= 15 is 0 Å². The summed E-state index contributed by atoms with van der Waals surface area (Å²) in [7, 11) is -2.99. The number of nitrogen functional groups attached to an aromatic ring is 1. The highest BCUT2D eigenvalue weighted by Crippen LogP contribution is 2.44. The summed E-state index contributed by atoms with van der Waals surface area (Å²) in [4.78, 5) is 0. The van der Waals surface area contributed by atoms with E-state index in [4.69, 9.17) is 5.73 Å². The molecule has 0 amide bonds. The quantitative estimate of drug-likeness (QED) is 0.592. The SMILES string of the molecule is Cc1cc(C)c(N)c(P(=O)(c2ccccc2)c2ccccc2)c1. The Bertz CT molecular complexity index is 829. The molecule has 3 heteroatoms. The van der Waals surface area contributed by atoms with Crippen LogP contribution in [0.2, 0.25) is 0 Å². The Kier molecular flexibility index (Phi) is 4.11. The van der Waals surface area contributed by atoms with Crippen molar-refractivity contribution in [2.45, 2.75) is 13.8 Å². The third-order valence-electron chi connectivity index (χ3n) is 4.09. The van der Waals surface area contributed by atoms with Crippen molar-refractivity contribution in [2.75, 3.05) is 5.73 Å². The molecule has 0 saturated heterocycles. The van der Waals surface area contributed by atoms with Crippen LogP contribution in [0.4, 0.5) is 5.69 Å². The number of benzene rings is 3. The highest BCUT2D eigenvalue weighted by atomic mass is 31.2. The molecule has 3 aromatic carbocycles. The molecule has 0 fully saturated rings. The lowest BCUT2D eigenvalue weighted by Crippen LogP contribution is -2.27. The van der Waals surface area contributed by atoms with Gasteiger partial charge < -0.3 is 10.3 Å². The minimum Gasteiger partial charge on any atom is -0.398 e. The molecule has 0 aromatic heterocycles. The van der Waals surface area contributed by atoms with Crippen molar-refractivity contribution < 1.29 is 4.57 Å². The largest absolute Gasteiger partial charge is 0.398 e. The molecule has 0 atom stereocenters. The molecule has 116 valence electrons. The molecule has 23 heavy (non-hydrogen) atoms. The van der Waals surface area contributed by atoms with E-state index in [1.165, 1.54) is 0 Å². The number of nitrogens with two attached hydrogens (primary N) is 1. The predicted molar refractivity (Wildman–Crippen MR) is 99.7 cm³/mol. The van der Waals surface area contributed by atoms with E-state index in [0.717, 1.165) is 27.0 Å². The first-order valence-electron chi connectivity index (χ1n) is 7.62. The number of anilines is 1. The first-order chi connectivity index (χ1) is 11.0. The first-order valence-corrected chi connectivity index (χ1v) is 9.32. The van der Waals surface area contributed by atoms with Gasteiger partial charge in [-0.25, -0.2) is 0 Å². The van der Waals surface area contributed by atoms with E-state index in [0.29, 0.717) is 5.69 Å². The lowest BCUT2D eigenvalue weighted by molar-refractivity contribution is 0.592. The maximum atomic E-state index is 14.3. The average Bonchev–Trinajstić information content (AvgIpc) is 2.59. The van der Waals surface area contributed by atoms with Gasteiger partial charge >= 0.3 is 0 Å². The fourth-order valence-electron chi connectivity index (χ4n) is 2.92. The monoisotopic (exact) mass is 321 g/mol. The van der Waals surface area contributed by atoms with Crippen molar-refractivity contribution in [3.63, 3.8) is 0 Å². The molecule has 0 unspecified atom stereocenters. The summed E-state index contributed by atoms with van der Waals surface area (Å²) in [6.45, 7) is 3.97. The fourth-order valence-corrected chi connectivity index (χ4v) is 5.86. The van der Waals surface area contributed by atoms with Crippen LogP contribution in [0.5, 0.6) is 0 Å². The fraction of sp³-hybridized carbons (Fsp3) is 0.100. The Balaban J connectivity index is 2.37. The van der Waals surface area contributed by atoms with Gasteiger partial charge in [-0.2, -0.15) is 0 Å². The van der Waals surface area contributed by atoms with Gasteiger partial charge in [0.2, 0.25) is 0 Å². The van der Waals surface area contributed by atoms with E-state index in [2.05, 4.69) is 0 Å². The maximum Gasteiger partial charge on any atom is 0.173 e. The summed E-state index contributed by atoms with van der Waals surface area (Å²) >= 11 is 0. The van der Waals surface area contributed by atoms with Gasteiger partial charge in [0.25, 0.3) is 0 Å². The van der Waals surface area contributed by atoms with Crippen molar-refractivity contribution in [3.8, 4) is 0 Å². The van der Waals surface area contributed by atoms with Crippen LogP contribution in [-0.4, -0.2) is 0 Å². The molecule has 3 rings (SSSR count). The van der Waals surface area contributed by atoms with Gasteiger partial charge in [0, 0.05) is 21.6 Å². The average molecular weight is 321 g/mol. The van der Waals surface area contributed by atoms with Gasteiger partial charge in [-0.1, -0.05) is 66.7 Å². The molecule has 0 aliphatic carbocycles. The van der Waals surface area contributed by atoms with Gasteiger partial charge in [0.1, 0.15) is 0 Å². The molecule has 0 aliphatic heterocycles. The molecule has 2 nitrogen and oxygen atoms in total. The summed E-state index contributed by atoms with van der Waals surface area (Å²) in [6, 6.07) is 23.2. The Labute approximate surface area is 137 Å². The van der Waals surface area contributed by atoms with Crippen LogP contribution in [0.1, 0.15) is 11.1 Å². The third kappa shape index (κ3) is 2.71. The lowest BCUT2D eigenvalue weighted by Gasteiger charge is -2.23. The molecule has 0 spiro atoms. The van der Waals surface area contributed by atoms with E-state index in [-0.39, 0.29) is 0 Å². The van der Waals surface area contributed by atoms with Crippen molar-refractivity contribution >= 4 is 28.7 Å². The molecule has 0 heterocycles. The van der Waals surface area contributed by atoms with Crippen LogP contribution < -0.4 is 21.6 Å². The van der Waals surface area contributed by atoms with Gasteiger partial charge in [-0.3, -0.25) is 0 Å². The van der Waals surface area contributed by atoms with Gasteiger partial charge in [0.15, 0.2) is 7.14 Å². The second-order valence-electron chi connectivity index (χ2n) is 5.79. The van der Waals surface area contributed by atoms with Gasteiger partial charge in [-0.05, 0) is 31.0 Å². The molecular formula is C20H20NOP. The smallest absolute Gasteiger partial charge is 0.173 e. The third-order valence-corrected chi connectivity index (χ3v) is 7.19. The second-order valence-corrected chi connectivity index (χ2v) is 8.53. The minimum atomic E-state index is -2.99. The number of rotatable bonds is 3. The van der Waals surface area contributed by atoms with Crippen molar-refractivity contribution in [1.82, 2.24) is 0 Å². The van der Waals surface area contributed by atoms with Crippen LogP contribution in [0, 0.1) is 13.8 Å². The van der Waals surface area contributed by atoms with Crippen molar-refractivity contribution in [1.29, 1.82) is 0 Å². The molecule has 0 saturated carbocycles. The lowest BCUT2D eigenvalue weighted by atomic mass is 10.1. The number of hydrogen-bond acceptors (Lipinski definition) is 2. The summed E-state index contributed by atoms with van der Waals surface area (Å²) < 4.78 is 14.3. The van der Waals surface area contributed by atoms with Crippen molar-refractivity contribution in [3.05, 3.63) is 83.9 Å². The maximum absolute atomic E-state index is 14.3. The molecule has 0 bridgehead atoms. The standard InChI is InChI=1S/C20H20NOP/c1-15-13-16(2)20(21)19(14-15)23(22,17-9-5-3-6-10-17)18-11-7-4-8-12-18/h3-14H,21H2,1-2H3. The van der Waals surface area contributed by atoms with Crippen molar-refractivity contribution in [2.24, 2.45) is 0 Å². The van der Waals surface area contributed by atoms with Crippen LogP contribution >= 0.6 is 7.14 Å². The summed E-state index contributed by atoms with van der Waals surface area (Å²) in [5.74, 6) is 0. The van der Waals surface area contributed by atoms with Gasteiger partial charge in [0.05, 0.1) is 0 Å². The second kappa shape index (κ2) is 6.06. The predicted octanol–water partition coefficient (Wildman–Crippen LogP) is 3.53. The molecule has 0 radical (unpaired) electrons. The summed E-state index contributed by atoms with van der Waals surface area (Å²) in [5.41, 5.74) is 8.99. The first kappa shape index (κ1) is 15.6. The highest BCUT2D eigenvalue weighted by molar-refractivity contribution is 7.85. The Hall–Kier alpha value is -2.31. The Morgan fingerprint density at radius 2 is 1.26 bits per heavy atom. The van der Waals surface area contributed by atoms with Gasteiger partial charge in [-0.15, -0.1) is 0 Å². The Morgan fingerprint density at radius 1 is 0.783 bits per heavy atom. The van der Waals surface area contributed by atoms with E-state index < -0.39 is 7.14 Å². The van der Waals surface area contributed by atoms with E-state index in [1.54, 1.807) is 0 Å². The molecule has 3 aromatic rings.